The van der Waals surface area contributed by atoms with Crippen molar-refractivity contribution in [3.8, 4) is 5.69 Å². The van der Waals surface area contributed by atoms with E-state index >= 15 is 0 Å². The molecule has 0 aliphatic rings. The van der Waals surface area contributed by atoms with E-state index in [0.29, 0.717) is 22.8 Å². The van der Waals surface area contributed by atoms with Gasteiger partial charge in [0, 0.05) is 12.6 Å². The summed E-state index contributed by atoms with van der Waals surface area (Å²) in [5.74, 6) is -1.75. The molecule has 0 aliphatic heterocycles. The van der Waals surface area contributed by atoms with E-state index in [-0.39, 0.29) is 16.5 Å². The van der Waals surface area contributed by atoms with Crippen molar-refractivity contribution in [2.75, 3.05) is 10.6 Å². The number of hydrogen-bond acceptors (Lipinski definition) is 4. The number of aromatic nitrogens is 2. The maximum absolute atomic E-state index is 12.8. The lowest BCUT2D eigenvalue weighted by Crippen LogP contribution is -2.24. The van der Waals surface area contributed by atoms with Crippen LogP contribution in [0.1, 0.15) is 28.7 Å². The first-order valence-electron chi connectivity index (χ1n) is 8.82. The lowest BCUT2D eigenvalue weighted by Gasteiger charge is -2.09. The molecule has 2 N–H and O–H groups in total. The lowest BCUT2D eigenvalue weighted by molar-refractivity contribution is -0.114. The maximum atomic E-state index is 12.8. The Balaban J connectivity index is 1.83. The second kappa shape index (κ2) is 8.28. The molecule has 0 spiro atoms. The summed E-state index contributed by atoms with van der Waals surface area (Å²) in [7, 11) is 0. The molecule has 2 aromatic carbocycles. The third kappa shape index (κ3) is 4.35. The fourth-order valence-electron chi connectivity index (χ4n) is 2.98. The number of carbonyl (C=O) groups is 3. The zero-order valence-corrected chi connectivity index (χ0v) is 16.9. The Kier molecular flexibility index (Phi) is 5.79. The molecule has 0 unspecified atom stereocenters. The highest BCUT2D eigenvalue weighted by molar-refractivity contribution is 6.47. The van der Waals surface area contributed by atoms with Gasteiger partial charge in [-0.3, -0.25) is 14.4 Å². The largest absolute Gasteiger partial charge is 0.325 e. The molecule has 1 heterocycles. The molecule has 0 saturated carbocycles. The zero-order valence-electron chi connectivity index (χ0n) is 16.1. The molecular formula is C21H19ClN4O3. The third-order valence-electron chi connectivity index (χ3n) is 4.26. The van der Waals surface area contributed by atoms with E-state index < -0.39 is 11.7 Å². The molecule has 0 saturated heterocycles. The molecule has 2 amide bonds. The normalized spacial score (nSPS) is 10.5. The summed E-state index contributed by atoms with van der Waals surface area (Å²) < 4.78 is 1.63. The Hall–Kier alpha value is -3.45. The van der Waals surface area contributed by atoms with Gasteiger partial charge in [0.2, 0.25) is 5.91 Å². The number of anilines is 2. The first-order valence-corrected chi connectivity index (χ1v) is 9.20. The zero-order chi connectivity index (χ0) is 21.1. The van der Waals surface area contributed by atoms with E-state index in [2.05, 4.69) is 15.7 Å². The highest BCUT2D eigenvalue weighted by Gasteiger charge is 2.25. The number of hydrogen-bond donors (Lipinski definition) is 2. The smallest absolute Gasteiger partial charge is 0.296 e. The number of nitrogens with zero attached hydrogens (tertiary/aromatic N) is 2. The van der Waals surface area contributed by atoms with Crippen molar-refractivity contribution in [1.82, 2.24) is 9.78 Å². The van der Waals surface area contributed by atoms with Crippen LogP contribution >= 0.6 is 11.6 Å². The summed E-state index contributed by atoms with van der Waals surface area (Å²) in [6, 6.07) is 13.9. The fraction of sp³-hybridized carbons (Fsp3) is 0.143. The van der Waals surface area contributed by atoms with Crippen LogP contribution in [0.4, 0.5) is 11.4 Å². The van der Waals surface area contributed by atoms with Crippen LogP contribution in [-0.2, 0) is 9.59 Å². The second-order valence-electron chi connectivity index (χ2n) is 6.45. The number of halogens is 1. The van der Waals surface area contributed by atoms with Crippen molar-refractivity contribution in [3.63, 3.8) is 0 Å². The number of ketones is 1. The number of benzene rings is 2. The fourth-order valence-corrected chi connectivity index (χ4v) is 3.20. The van der Waals surface area contributed by atoms with Crippen LogP contribution in [0.5, 0.6) is 0 Å². The average Bonchev–Trinajstić information content (AvgIpc) is 2.98. The molecule has 0 atom stereocenters. The summed E-state index contributed by atoms with van der Waals surface area (Å²) in [6.07, 6.45) is 0. The molecule has 3 rings (SSSR count). The molecule has 0 aliphatic carbocycles. The summed E-state index contributed by atoms with van der Waals surface area (Å²) in [5, 5.41) is 9.76. The van der Waals surface area contributed by atoms with E-state index in [0.717, 1.165) is 5.69 Å². The molecule has 0 radical (unpaired) electrons. The van der Waals surface area contributed by atoms with Gasteiger partial charge in [0.05, 0.1) is 33.3 Å². The monoisotopic (exact) mass is 410 g/mol. The van der Waals surface area contributed by atoms with Gasteiger partial charge in [-0.15, -0.1) is 0 Å². The standard InChI is InChI=1S/C21H19ClN4O3/c1-12-19(13(2)26(25-12)16-7-5-4-6-8-16)20(28)21(29)24-15-9-10-18(17(22)11-15)23-14(3)27/h4-11H,1-3H3,(H,23,27)(H,24,29). The SMILES string of the molecule is CC(=O)Nc1ccc(NC(=O)C(=O)c2c(C)nn(-c3ccccc3)c2C)cc1Cl. The number of aryl methyl sites for hydroxylation is 1. The van der Waals surface area contributed by atoms with Crippen molar-refractivity contribution < 1.29 is 14.4 Å². The van der Waals surface area contributed by atoms with Crippen molar-refractivity contribution in [3.05, 3.63) is 70.5 Å². The van der Waals surface area contributed by atoms with Gasteiger partial charge in [-0.25, -0.2) is 4.68 Å². The minimum Gasteiger partial charge on any atom is -0.325 e. The number of nitrogens with one attached hydrogen (secondary N) is 2. The number of rotatable bonds is 5. The molecule has 0 bridgehead atoms. The van der Waals surface area contributed by atoms with Crippen LogP contribution < -0.4 is 10.6 Å². The van der Waals surface area contributed by atoms with Crippen LogP contribution in [0.25, 0.3) is 5.69 Å². The van der Waals surface area contributed by atoms with Crippen LogP contribution in [0, 0.1) is 13.8 Å². The topological polar surface area (TPSA) is 93.1 Å². The Morgan fingerprint density at radius 3 is 2.31 bits per heavy atom. The highest BCUT2D eigenvalue weighted by Crippen LogP contribution is 2.26. The van der Waals surface area contributed by atoms with E-state index in [1.807, 2.05) is 30.3 Å². The number of amides is 2. The first-order chi connectivity index (χ1) is 13.8. The van der Waals surface area contributed by atoms with Gasteiger partial charge >= 0.3 is 0 Å². The maximum Gasteiger partial charge on any atom is 0.296 e. The minimum absolute atomic E-state index is 0.245. The van der Waals surface area contributed by atoms with E-state index in [4.69, 9.17) is 11.6 Å². The highest BCUT2D eigenvalue weighted by atomic mass is 35.5. The Morgan fingerprint density at radius 1 is 1.00 bits per heavy atom. The van der Waals surface area contributed by atoms with Gasteiger partial charge in [0.25, 0.3) is 11.7 Å². The van der Waals surface area contributed by atoms with Crippen molar-refractivity contribution in [2.24, 2.45) is 0 Å². The quantitative estimate of drug-likeness (QED) is 0.492. The molecule has 1 aromatic heterocycles. The van der Waals surface area contributed by atoms with Crippen LogP contribution in [0.15, 0.2) is 48.5 Å². The van der Waals surface area contributed by atoms with Gasteiger partial charge < -0.3 is 10.6 Å². The van der Waals surface area contributed by atoms with Crippen molar-refractivity contribution in [2.45, 2.75) is 20.8 Å². The van der Waals surface area contributed by atoms with Crippen LogP contribution in [0.3, 0.4) is 0 Å². The summed E-state index contributed by atoms with van der Waals surface area (Å²) in [5.41, 5.74) is 2.85. The van der Waals surface area contributed by atoms with Gasteiger partial charge in [-0.05, 0) is 44.2 Å². The number of para-hydroxylation sites is 1. The summed E-state index contributed by atoms with van der Waals surface area (Å²) in [4.78, 5) is 36.5. The summed E-state index contributed by atoms with van der Waals surface area (Å²) in [6.45, 7) is 4.80. The van der Waals surface area contributed by atoms with Gasteiger partial charge in [-0.2, -0.15) is 5.10 Å². The lowest BCUT2D eigenvalue weighted by atomic mass is 10.1. The van der Waals surface area contributed by atoms with Crippen LogP contribution in [0.2, 0.25) is 5.02 Å². The predicted octanol–water partition coefficient (Wildman–Crippen LogP) is 3.92. The second-order valence-corrected chi connectivity index (χ2v) is 6.86. The molecule has 3 aromatic rings. The predicted molar refractivity (Wildman–Crippen MR) is 112 cm³/mol. The van der Waals surface area contributed by atoms with Gasteiger partial charge in [0.1, 0.15) is 0 Å². The van der Waals surface area contributed by atoms with E-state index in [1.54, 1.807) is 30.7 Å². The molecular weight excluding hydrogens is 392 g/mol. The molecule has 29 heavy (non-hydrogen) atoms. The average molecular weight is 411 g/mol. The minimum atomic E-state index is -0.799. The molecule has 148 valence electrons. The summed E-state index contributed by atoms with van der Waals surface area (Å²) >= 11 is 6.11. The first kappa shape index (κ1) is 20.3. The Labute approximate surface area is 172 Å². The Morgan fingerprint density at radius 2 is 1.69 bits per heavy atom. The Bertz CT molecular complexity index is 1110. The van der Waals surface area contributed by atoms with Crippen molar-refractivity contribution in [1.29, 1.82) is 0 Å². The molecule has 0 fully saturated rings. The van der Waals surface area contributed by atoms with Crippen molar-refractivity contribution >= 4 is 40.6 Å². The van der Waals surface area contributed by atoms with Crippen LogP contribution in [-0.4, -0.2) is 27.4 Å². The van der Waals surface area contributed by atoms with E-state index in [9.17, 15) is 14.4 Å². The molecule has 7 nitrogen and oxygen atoms in total. The van der Waals surface area contributed by atoms with Gasteiger partial charge in [0.15, 0.2) is 0 Å². The van der Waals surface area contributed by atoms with E-state index in [1.165, 1.54) is 13.0 Å². The molecule has 8 heteroatoms. The van der Waals surface area contributed by atoms with Gasteiger partial charge in [-0.1, -0.05) is 29.8 Å². The third-order valence-corrected chi connectivity index (χ3v) is 4.58. The number of Topliss-reactive ketones (excluding diaryl/α,β-unsaturated/α-hetero) is 1. The number of carbonyl (C=O) groups excluding carboxylic acids is 3.